The third-order valence-corrected chi connectivity index (χ3v) is 3.75. The number of ether oxygens (including phenoxy) is 1. The molecule has 0 saturated carbocycles. The van der Waals surface area contributed by atoms with E-state index in [2.05, 4.69) is 20.9 Å². The van der Waals surface area contributed by atoms with Gasteiger partial charge in [-0.05, 0) is 36.4 Å². The van der Waals surface area contributed by atoms with Crippen molar-refractivity contribution < 1.29 is 4.74 Å². The van der Waals surface area contributed by atoms with Gasteiger partial charge in [-0.15, -0.1) is 0 Å². The van der Waals surface area contributed by atoms with E-state index >= 15 is 0 Å². The van der Waals surface area contributed by atoms with Crippen molar-refractivity contribution in [1.82, 2.24) is 9.55 Å². The lowest BCUT2D eigenvalue weighted by molar-refractivity contribution is 0.413. The molecule has 0 aliphatic carbocycles. The van der Waals surface area contributed by atoms with Crippen molar-refractivity contribution in [2.45, 2.75) is 0 Å². The maximum Gasteiger partial charge on any atom is 0.206 e. The van der Waals surface area contributed by atoms with Gasteiger partial charge in [-0.25, -0.2) is 4.98 Å². The number of nitrogens with two attached hydrogens (primary N) is 1. The van der Waals surface area contributed by atoms with E-state index in [-0.39, 0.29) is 0 Å². The normalized spacial score (nSPS) is 10.9. The molecule has 6 heteroatoms. The van der Waals surface area contributed by atoms with E-state index in [4.69, 9.17) is 22.1 Å². The summed E-state index contributed by atoms with van der Waals surface area (Å²) in [6, 6.07) is 11.2. The van der Waals surface area contributed by atoms with Crippen LogP contribution in [0, 0.1) is 0 Å². The zero-order valence-corrected chi connectivity index (χ0v) is 12.9. The molecule has 0 aliphatic rings. The number of imidazole rings is 1. The first-order chi connectivity index (χ1) is 9.60. The number of nitrogen functional groups attached to an aromatic ring is 1. The minimum Gasteiger partial charge on any atom is -0.495 e. The summed E-state index contributed by atoms with van der Waals surface area (Å²) in [5.74, 6) is 1.10. The maximum absolute atomic E-state index is 6.07. The quantitative estimate of drug-likeness (QED) is 0.757. The van der Waals surface area contributed by atoms with Crippen LogP contribution in [0.3, 0.4) is 0 Å². The van der Waals surface area contributed by atoms with Gasteiger partial charge in [-0.2, -0.15) is 0 Å². The molecular formula is C14H11BrClN3O. The standard InChI is InChI=1S/C14H11BrClN3O/c1-20-13-5-2-8(15)6-12(13)19-11-7-9(16)3-4-10(11)18-14(19)17/h2-7H,1H3,(H2,17,18). The summed E-state index contributed by atoms with van der Waals surface area (Å²) >= 11 is 9.53. The molecule has 0 spiro atoms. The minimum atomic E-state index is 0.388. The molecular weight excluding hydrogens is 342 g/mol. The van der Waals surface area contributed by atoms with Crippen LogP contribution in [0.5, 0.6) is 5.75 Å². The van der Waals surface area contributed by atoms with E-state index in [1.807, 2.05) is 34.9 Å². The molecule has 1 aromatic heterocycles. The number of anilines is 1. The van der Waals surface area contributed by atoms with Gasteiger partial charge in [0.1, 0.15) is 5.75 Å². The van der Waals surface area contributed by atoms with Crippen molar-refractivity contribution in [3.8, 4) is 11.4 Å². The molecule has 1 heterocycles. The molecule has 0 amide bonds. The van der Waals surface area contributed by atoms with Crippen molar-refractivity contribution in [1.29, 1.82) is 0 Å². The van der Waals surface area contributed by atoms with Crippen LogP contribution in [0.2, 0.25) is 5.02 Å². The number of nitrogens with zero attached hydrogens (tertiary/aromatic N) is 2. The summed E-state index contributed by atoms with van der Waals surface area (Å²) in [4.78, 5) is 4.35. The Morgan fingerprint density at radius 2 is 2.05 bits per heavy atom. The third kappa shape index (κ3) is 2.13. The summed E-state index contributed by atoms with van der Waals surface area (Å²) in [5.41, 5.74) is 8.48. The fourth-order valence-corrected chi connectivity index (χ4v) is 2.67. The Morgan fingerprint density at radius 1 is 1.25 bits per heavy atom. The Kier molecular flexibility index (Phi) is 3.31. The number of hydrogen-bond acceptors (Lipinski definition) is 3. The highest BCUT2D eigenvalue weighted by molar-refractivity contribution is 9.10. The van der Waals surface area contributed by atoms with Crippen molar-refractivity contribution >= 4 is 44.5 Å². The molecule has 0 fully saturated rings. The zero-order valence-electron chi connectivity index (χ0n) is 10.6. The number of rotatable bonds is 2. The topological polar surface area (TPSA) is 53.1 Å². The van der Waals surface area contributed by atoms with Crippen LogP contribution in [0.1, 0.15) is 0 Å². The Balaban J connectivity index is 2.37. The fraction of sp³-hybridized carbons (Fsp3) is 0.0714. The van der Waals surface area contributed by atoms with E-state index in [1.165, 1.54) is 0 Å². The number of methoxy groups -OCH3 is 1. The lowest BCUT2D eigenvalue weighted by atomic mass is 10.2. The number of halogens is 2. The first kappa shape index (κ1) is 13.3. The Bertz CT molecular complexity index is 800. The van der Waals surface area contributed by atoms with Gasteiger partial charge in [0.15, 0.2) is 0 Å². The maximum atomic E-state index is 6.07. The van der Waals surface area contributed by atoms with Gasteiger partial charge < -0.3 is 10.5 Å². The van der Waals surface area contributed by atoms with Gasteiger partial charge in [-0.3, -0.25) is 4.57 Å². The van der Waals surface area contributed by atoms with E-state index in [9.17, 15) is 0 Å². The molecule has 0 saturated heterocycles. The molecule has 0 unspecified atom stereocenters. The van der Waals surface area contributed by atoms with Crippen LogP contribution in [-0.4, -0.2) is 16.7 Å². The van der Waals surface area contributed by atoms with Crippen LogP contribution < -0.4 is 10.5 Å². The second-order valence-corrected chi connectivity index (χ2v) is 5.61. The van der Waals surface area contributed by atoms with Crippen LogP contribution in [0.15, 0.2) is 40.9 Å². The first-order valence-electron chi connectivity index (χ1n) is 5.87. The molecule has 4 nitrogen and oxygen atoms in total. The molecule has 0 radical (unpaired) electrons. The smallest absolute Gasteiger partial charge is 0.206 e. The van der Waals surface area contributed by atoms with Crippen LogP contribution in [-0.2, 0) is 0 Å². The number of benzene rings is 2. The average Bonchev–Trinajstić information content (AvgIpc) is 2.74. The fourth-order valence-electron chi connectivity index (χ4n) is 2.16. The number of hydrogen-bond donors (Lipinski definition) is 1. The molecule has 0 aliphatic heterocycles. The molecule has 3 rings (SSSR count). The summed E-state index contributed by atoms with van der Waals surface area (Å²) in [6.45, 7) is 0. The van der Waals surface area contributed by atoms with Crippen molar-refractivity contribution in [2.75, 3.05) is 12.8 Å². The van der Waals surface area contributed by atoms with E-state index in [0.717, 1.165) is 21.2 Å². The van der Waals surface area contributed by atoms with Gasteiger partial charge in [0.25, 0.3) is 0 Å². The summed E-state index contributed by atoms with van der Waals surface area (Å²) in [7, 11) is 1.62. The van der Waals surface area contributed by atoms with E-state index in [1.54, 1.807) is 13.2 Å². The molecule has 0 bridgehead atoms. The van der Waals surface area contributed by atoms with Gasteiger partial charge in [0.05, 0.1) is 23.8 Å². The zero-order chi connectivity index (χ0) is 14.3. The predicted octanol–water partition coefficient (Wildman–Crippen LogP) is 4.03. The molecule has 20 heavy (non-hydrogen) atoms. The summed E-state index contributed by atoms with van der Waals surface area (Å²) in [5, 5.41) is 0.632. The second kappa shape index (κ2) is 5.00. The Morgan fingerprint density at radius 3 is 2.80 bits per heavy atom. The summed E-state index contributed by atoms with van der Waals surface area (Å²) < 4.78 is 8.15. The lowest BCUT2D eigenvalue weighted by Gasteiger charge is -2.12. The largest absolute Gasteiger partial charge is 0.495 e. The van der Waals surface area contributed by atoms with E-state index in [0.29, 0.717) is 16.7 Å². The molecule has 2 aromatic carbocycles. The predicted molar refractivity (Wildman–Crippen MR) is 84.7 cm³/mol. The number of aromatic nitrogens is 2. The van der Waals surface area contributed by atoms with Crippen LogP contribution in [0.25, 0.3) is 16.7 Å². The monoisotopic (exact) mass is 351 g/mol. The highest BCUT2D eigenvalue weighted by Crippen LogP contribution is 2.32. The Labute approximate surface area is 129 Å². The minimum absolute atomic E-state index is 0.388. The lowest BCUT2D eigenvalue weighted by Crippen LogP contribution is -2.02. The summed E-state index contributed by atoms with van der Waals surface area (Å²) in [6.07, 6.45) is 0. The van der Waals surface area contributed by atoms with Gasteiger partial charge in [0.2, 0.25) is 5.95 Å². The van der Waals surface area contributed by atoms with E-state index < -0.39 is 0 Å². The second-order valence-electron chi connectivity index (χ2n) is 4.25. The molecule has 3 aromatic rings. The number of fused-ring (bicyclic) bond motifs is 1. The van der Waals surface area contributed by atoms with Crippen molar-refractivity contribution in [2.24, 2.45) is 0 Å². The van der Waals surface area contributed by atoms with Crippen LogP contribution in [0.4, 0.5) is 5.95 Å². The third-order valence-electron chi connectivity index (χ3n) is 3.02. The highest BCUT2D eigenvalue weighted by Gasteiger charge is 2.14. The highest BCUT2D eigenvalue weighted by atomic mass is 79.9. The van der Waals surface area contributed by atoms with Gasteiger partial charge in [0, 0.05) is 9.50 Å². The molecule has 0 atom stereocenters. The SMILES string of the molecule is COc1ccc(Br)cc1-n1c(N)nc2ccc(Cl)cc21. The molecule has 2 N–H and O–H groups in total. The molecule has 102 valence electrons. The average molecular weight is 353 g/mol. The van der Waals surface area contributed by atoms with Gasteiger partial charge in [-0.1, -0.05) is 27.5 Å². The first-order valence-corrected chi connectivity index (χ1v) is 7.04. The van der Waals surface area contributed by atoms with Gasteiger partial charge >= 0.3 is 0 Å². The van der Waals surface area contributed by atoms with Crippen molar-refractivity contribution in [3.63, 3.8) is 0 Å². The van der Waals surface area contributed by atoms with Crippen LogP contribution >= 0.6 is 27.5 Å². The Hall–Kier alpha value is -1.72. The van der Waals surface area contributed by atoms with Crippen molar-refractivity contribution in [3.05, 3.63) is 45.9 Å².